The second kappa shape index (κ2) is 8.82. The van der Waals surface area contributed by atoms with Crippen molar-refractivity contribution >= 4 is 28.6 Å². The molecule has 0 spiro atoms. The van der Waals surface area contributed by atoms with Gasteiger partial charge < -0.3 is 15.7 Å². The van der Waals surface area contributed by atoms with Gasteiger partial charge in [0.2, 0.25) is 5.91 Å². The second-order valence-electron chi connectivity index (χ2n) is 5.76. The molecule has 2 rings (SSSR count). The van der Waals surface area contributed by atoms with Crippen LogP contribution >= 0.6 is 0 Å². The number of aromatic carboxylic acids is 1. The van der Waals surface area contributed by atoms with Crippen molar-refractivity contribution in [2.24, 2.45) is 0 Å². The van der Waals surface area contributed by atoms with Crippen LogP contribution in [0.1, 0.15) is 46.9 Å². The lowest BCUT2D eigenvalue weighted by molar-refractivity contribution is -0.121. The molecule has 0 aliphatic heterocycles. The van der Waals surface area contributed by atoms with Crippen molar-refractivity contribution in [3.63, 3.8) is 0 Å². The summed E-state index contributed by atoms with van der Waals surface area (Å²) >= 11 is 0. The molecule has 0 unspecified atom stereocenters. The summed E-state index contributed by atoms with van der Waals surface area (Å²) in [6, 6.07) is 10.3. The van der Waals surface area contributed by atoms with Gasteiger partial charge in [-0.2, -0.15) is 0 Å². The maximum absolute atomic E-state index is 12.3. The highest BCUT2D eigenvalue weighted by Crippen LogP contribution is 2.20. The lowest BCUT2D eigenvalue weighted by Gasteiger charge is -2.10. The number of nitrogens with one attached hydrogen (secondary N) is 2. The lowest BCUT2D eigenvalue weighted by Crippen LogP contribution is -2.35. The highest BCUT2D eigenvalue weighted by Gasteiger charge is 2.17. The molecule has 0 atom stereocenters. The predicted molar refractivity (Wildman–Crippen MR) is 95.8 cm³/mol. The van der Waals surface area contributed by atoms with Gasteiger partial charge in [-0.15, -0.1) is 0 Å². The molecule has 0 aliphatic rings. The Morgan fingerprint density at radius 2 is 1.56 bits per heavy atom. The summed E-state index contributed by atoms with van der Waals surface area (Å²) < 4.78 is 0. The molecule has 0 saturated carbocycles. The molecule has 0 saturated heterocycles. The zero-order valence-electron chi connectivity index (χ0n) is 14.2. The van der Waals surface area contributed by atoms with Crippen molar-refractivity contribution < 1.29 is 19.5 Å². The lowest BCUT2D eigenvalue weighted by atomic mass is 10.0. The Bertz CT molecular complexity index is 786. The SMILES string of the molecule is CCCCC(=O)NCCNC(=O)c1cc2ccccc2cc1C(=O)O. The number of hydrogen-bond donors (Lipinski definition) is 3. The molecule has 0 bridgehead atoms. The van der Waals surface area contributed by atoms with E-state index in [0.717, 1.165) is 23.6 Å². The number of carbonyl (C=O) groups is 3. The number of amides is 2. The fraction of sp³-hybridized carbons (Fsp3) is 0.316. The van der Waals surface area contributed by atoms with E-state index in [4.69, 9.17) is 0 Å². The minimum absolute atomic E-state index is 0.0387. The first kappa shape index (κ1) is 18.4. The first-order valence-corrected chi connectivity index (χ1v) is 8.34. The van der Waals surface area contributed by atoms with Crippen LogP contribution in [0.15, 0.2) is 36.4 Å². The van der Waals surface area contributed by atoms with Crippen molar-refractivity contribution in [1.29, 1.82) is 0 Å². The molecule has 3 N–H and O–H groups in total. The Morgan fingerprint density at radius 3 is 2.16 bits per heavy atom. The third-order valence-corrected chi connectivity index (χ3v) is 3.85. The zero-order valence-corrected chi connectivity index (χ0v) is 14.2. The van der Waals surface area contributed by atoms with E-state index in [1.54, 1.807) is 12.1 Å². The summed E-state index contributed by atoms with van der Waals surface area (Å²) in [6.45, 7) is 2.56. The number of hydrogen-bond acceptors (Lipinski definition) is 3. The van der Waals surface area contributed by atoms with Gasteiger partial charge >= 0.3 is 5.97 Å². The van der Waals surface area contributed by atoms with Crippen LogP contribution in [0.3, 0.4) is 0 Å². The molecule has 2 aromatic rings. The Balaban J connectivity index is 2.02. The standard InChI is InChI=1S/C19H22N2O4/c1-2-3-8-17(22)20-9-10-21-18(23)15-11-13-6-4-5-7-14(13)12-16(15)19(24)25/h4-7,11-12H,2-3,8-10H2,1H3,(H,20,22)(H,21,23)(H,24,25). The van der Waals surface area contributed by atoms with Crippen LogP contribution in [0.25, 0.3) is 10.8 Å². The fourth-order valence-electron chi connectivity index (χ4n) is 2.50. The summed E-state index contributed by atoms with van der Waals surface area (Å²) in [5.74, 6) is -1.66. The maximum Gasteiger partial charge on any atom is 0.336 e. The Kier molecular flexibility index (Phi) is 6.51. The zero-order chi connectivity index (χ0) is 18.2. The van der Waals surface area contributed by atoms with Crippen molar-refractivity contribution in [2.45, 2.75) is 26.2 Å². The largest absolute Gasteiger partial charge is 0.478 e. The maximum atomic E-state index is 12.3. The highest BCUT2D eigenvalue weighted by atomic mass is 16.4. The molecule has 0 heterocycles. The van der Waals surface area contributed by atoms with Crippen LogP contribution in [0.2, 0.25) is 0 Å². The third-order valence-electron chi connectivity index (χ3n) is 3.85. The average molecular weight is 342 g/mol. The van der Waals surface area contributed by atoms with Crippen molar-refractivity contribution in [3.8, 4) is 0 Å². The number of carboxylic acids is 1. The van der Waals surface area contributed by atoms with Crippen molar-refractivity contribution in [2.75, 3.05) is 13.1 Å². The van der Waals surface area contributed by atoms with Gasteiger partial charge in [0.15, 0.2) is 0 Å². The number of carbonyl (C=O) groups excluding carboxylic acids is 2. The molecule has 0 aliphatic carbocycles. The van der Waals surface area contributed by atoms with Crippen LogP contribution in [0.5, 0.6) is 0 Å². The second-order valence-corrected chi connectivity index (χ2v) is 5.76. The molecule has 0 radical (unpaired) electrons. The molecule has 25 heavy (non-hydrogen) atoms. The first-order valence-electron chi connectivity index (χ1n) is 8.34. The van der Waals surface area contributed by atoms with Gasteiger partial charge in [0.05, 0.1) is 11.1 Å². The van der Waals surface area contributed by atoms with E-state index < -0.39 is 11.9 Å². The Hall–Kier alpha value is -2.89. The minimum atomic E-state index is -1.15. The van der Waals surface area contributed by atoms with E-state index in [-0.39, 0.29) is 23.6 Å². The van der Waals surface area contributed by atoms with Crippen LogP contribution < -0.4 is 10.6 Å². The molecule has 0 fully saturated rings. The first-order chi connectivity index (χ1) is 12.0. The molecular weight excluding hydrogens is 320 g/mol. The van der Waals surface area contributed by atoms with Crippen molar-refractivity contribution in [1.82, 2.24) is 10.6 Å². The van der Waals surface area contributed by atoms with Crippen molar-refractivity contribution in [3.05, 3.63) is 47.5 Å². The number of fused-ring (bicyclic) bond motifs is 1. The van der Waals surface area contributed by atoms with E-state index >= 15 is 0 Å². The average Bonchev–Trinajstić information content (AvgIpc) is 2.62. The molecule has 2 amide bonds. The summed E-state index contributed by atoms with van der Waals surface area (Å²) in [4.78, 5) is 35.3. The van der Waals surface area contributed by atoms with Gasteiger partial charge in [0, 0.05) is 19.5 Å². The molecule has 132 valence electrons. The Labute approximate surface area is 146 Å². The van der Waals surface area contributed by atoms with Gasteiger partial charge in [-0.05, 0) is 29.3 Å². The Morgan fingerprint density at radius 1 is 0.960 bits per heavy atom. The van der Waals surface area contributed by atoms with Crippen LogP contribution in [-0.4, -0.2) is 36.0 Å². The molecule has 6 nitrogen and oxygen atoms in total. The topological polar surface area (TPSA) is 95.5 Å². The van der Waals surface area contributed by atoms with Crippen LogP contribution in [0.4, 0.5) is 0 Å². The van der Waals surface area contributed by atoms with E-state index in [1.807, 2.05) is 25.1 Å². The minimum Gasteiger partial charge on any atom is -0.478 e. The smallest absolute Gasteiger partial charge is 0.336 e. The van der Waals surface area contributed by atoms with Gasteiger partial charge in [0.1, 0.15) is 0 Å². The fourth-order valence-corrected chi connectivity index (χ4v) is 2.50. The number of benzene rings is 2. The third kappa shape index (κ3) is 5.04. The molecular formula is C19H22N2O4. The van der Waals surface area contributed by atoms with Crippen LogP contribution in [0, 0.1) is 0 Å². The summed E-state index contributed by atoms with van der Waals surface area (Å²) in [5.41, 5.74) is 0.0756. The number of unbranched alkanes of at least 4 members (excludes halogenated alkanes) is 1. The van der Waals surface area contributed by atoms with E-state index in [1.165, 1.54) is 6.07 Å². The monoisotopic (exact) mass is 342 g/mol. The van der Waals surface area contributed by atoms with E-state index in [9.17, 15) is 19.5 Å². The van der Waals surface area contributed by atoms with Gasteiger partial charge in [-0.3, -0.25) is 9.59 Å². The highest BCUT2D eigenvalue weighted by molar-refractivity contribution is 6.08. The quantitative estimate of drug-likeness (QED) is 0.643. The van der Waals surface area contributed by atoms with Gasteiger partial charge in [-0.1, -0.05) is 37.6 Å². The van der Waals surface area contributed by atoms with Gasteiger partial charge in [0.25, 0.3) is 5.91 Å². The van der Waals surface area contributed by atoms with Gasteiger partial charge in [-0.25, -0.2) is 4.79 Å². The van der Waals surface area contributed by atoms with E-state index in [2.05, 4.69) is 10.6 Å². The molecule has 0 aromatic heterocycles. The normalized spacial score (nSPS) is 10.4. The molecule has 2 aromatic carbocycles. The molecule has 6 heteroatoms. The number of rotatable bonds is 8. The summed E-state index contributed by atoms with van der Waals surface area (Å²) in [5, 5.41) is 16.3. The number of carboxylic acid groups (broad SMARTS) is 1. The predicted octanol–water partition coefficient (Wildman–Crippen LogP) is 2.57. The van der Waals surface area contributed by atoms with E-state index in [0.29, 0.717) is 13.0 Å². The van der Waals surface area contributed by atoms with Crippen LogP contribution in [-0.2, 0) is 4.79 Å². The summed E-state index contributed by atoms with van der Waals surface area (Å²) in [7, 11) is 0. The summed E-state index contributed by atoms with van der Waals surface area (Å²) in [6.07, 6.45) is 2.25.